The first-order chi connectivity index (χ1) is 6.58. The van der Waals surface area contributed by atoms with Crippen molar-refractivity contribution in [3.05, 3.63) is 8.47 Å². The van der Waals surface area contributed by atoms with Crippen LogP contribution in [0.25, 0.3) is 0 Å². The molecule has 8 heteroatoms. The summed E-state index contributed by atoms with van der Waals surface area (Å²) >= 11 is 22.2. The number of halogens is 4. The number of hydrogen-bond acceptors (Lipinski definition) is 4. The minimum Gasteiger partial charge on any atom is -0.100 e. The van der Waals surface area contributed by atoms with Gasteiger partial charge in [0, 0.05) is 0 Å². The van der Waals surface area contributed by atoms with Crippen LogP contribution in [0.2, 0.25) is 0 Å². The van der Waals surface area contributed by atoms with Gasteiger partial charge >= 0.3 is 0 Å². The van der Waals surface area contributed by atoms with E-state index in [2.05, 4.69) is 63.7 Å². The maximum Gasteiger partial charge on any atom is 0.0872 e. The summed E-state index contributed by atoms with van der Waals surface area (Å²) in [5.41, 5.74) is 0. The van der Waals surface area contributed by atoms with E-state index in [0.29, 0.717) is 16.6 Å². The molecule has 0 bridgehead atoms. The lowest BCUT2D eigenvalue weighted by molar-refractivity contribution is 1.44. The van der Waals surface area contributed by atoms with Gasteiger partial charge in [0.1, 0.15) is 0 Å². The minimum absolute atomic E-state index is 0.486. The Bertz CT molecular complexity index is 221. The second-order valence-electron chi connectivity index (χ2n) is 2.45. The Kier molecular flexibility index (Phi) is 5.59. The summed E-state index contributed by atoms with van der Waals surface area (Å²) in [6, 6.07) is 0. The molecule has 4 atom stereocenters. The third-order valence-corrected chi connectivity index (χ3v) is 14.3. The minimum atomic E-state index is 0.486. The van der Waals surface area contributed by atoms with Crippen molar-refractivity contribution in [3.63, 3.8) is 0 Å². The van der Waals surface area contributed by atoms with Crippen LogP contribution >= 0.6 is 111 Å². The molecule has 80 valence electrons. The van der Waals surface area contributed by atoms with E-state index >= 15 is 0 Å². The van der Waals surface area contributed by atoms with Crippen LogP contribution in [0.4, 0.5) is 0 Å². The van der Waals surface area contributed by atoms with Gasteiger partial charge in [-0.3, -0.25) is 0 Å². The highest BCUT2D eigenvalue weighted by Crippen LogP contribution is 2.61. The molecular weight excluding hydrogens is 520 g/mol. The van der Waals surface area contributed by atoms with Gasteiger partial charge in [0.05, 0.1) is 25.1 Å². The molecule has 2 aliphatic rings. The predicted molar refractivity (Wildman–Crippen MR) is 88.2 cm³/mol. The summed E-state index contributed by atoms with van der Waals surface area (Å²) in [7, 11) is 0. The van der Waals surface area contributed by atoms with Crippen LogP contribution in [0.3, 0.4) is 0 Å². The average Bonchev–Trinajstić information content (AvgIpc) is 2.60. The molecule has 2 saturated heterocycles. The molecule has 2 aliphatic heterocycles. The Morgan fingerprint density at radius 3 is 1.00 bits per heavy atom. The van der Waals surface area contributed by atoms with E-state index in [9.17, 15) is 0 Å². The summed E-state index contributed by atoms with van der Waals surface area (Å²) < 4.78 is 4.82. The number of thioether (sulfide) groups is 4. The van der Waals surface area contributed by atoms with Gasteiger partial charge in [-0.1, -0.05) is 63.7 Å². The van der Waals surface area contributed by atoms with E-state index < -0.39 is 0 Å². The zero-order valence-electron chi connectivity index (χ0n) is 6.45. The van der Waals surface area contributed by atoms with Crippen molar-refractivity contribution in [3.8, 4) is 0 Å². The maximum atomic E-state index is 3.64. The SMILES string of the molecule is BrC1SC(=C2SC(Br)C(Br)S2)SC1Br. The van der Waals surface area contributed by atoms with E-state index in [1.165, 1.54) is 8.47 Å². The van der Waals surface area contributed by atoms with Crippen LogP contribution in [-0.4, -0.2) is 16.6 Å². The summed E-state index contributed by atoms with van der Waals surface area (Å²) in [4.78, 5) is 0. The van der Waals surface area contributed by atoms with E-state index in [0.717, 1.165) is 0 Å². The lowest BCUT2D eigenvalue weighted by Gasteiger charge is -1.98. The van der Waals surface area contributed by atoms with Gasteiger partial charge in [0.15, 0.2) is 0 Å². The molecule has 0 amide bonds. The smallest absolute Gasteiger partial charge is 0.0872 e. The molecule has 0 aliphatic carbocycles. The van der Waals surface area contributed by atoms with Gasteiger partial charge in [-0.25, -0.2) is 0 Å². The highest BCUT2D eigenvalue weighted by Gasteiger charge is 2.36. The average molecular weight is 524 g/mol. The monoisotopic (exact) mass is 520 g/mol. The van der Waals surface area contributed by atoms with Crippen molar-refractivity contribution < 1.29 is 0 Å². The van der Waals surface area contributed by atoms with Crippen molar-refractivity contribution in [1.82, 2.24) is 0 Å². The fourth-order valence-electron chi connectivity index (χ4n) is 0.871. The van der Waals surface area contributed by atoms with Crippen molar-refractivity contribution in [2.24, 2.45) is 0 Å². The standard InChI is InChI=1S/C6H4Br4S4/c7-1-2(8)12-5(11-1)6-13-3(9)4(10)14-6/h1-4H. The zero-order valence-corrected chi connectivity index (χ0v) is 16.1. The summed E-state index contributed by atoms with van der Waals surface area (Å²) in [6.07, 6.45) is 0. The molecule has 2 heterocycles. The zero-order chi connectivity index (χ0) is 10.3. The Hall–Kier alpha value is 3.06. The van der Waals surface area contributed by atoms with E-state index in [-0.39, 0.29) is 0 Å². The molecule has 0 aromatic carbocycles. The van der Waals surface area contributed by atoms with Gasteiger partial charge in [0.2, 0.25) is 0 Å². The molecule has 0 saturated carbocycles. The summed E-state index contributed by atoms with van der Waals surface area (Å²) in [6.45, 7) is 0. The van der Waals surface area contributed by atoms with Crippen molar-refractivity contribution in [2.45, 2.75) is 16.6 Å². The van der Waals surface area contributed by atoms with E-state index in [1.54, 1.807) is 0 Å². The summed E-state index contributed by atoms with van der Waals surface area (Å²) in [5.74, 6) is 0. The van der Waals surface area contributed by atoms with Crippen LogP contribution < -0.4 is 0 Å². The van der Waals surface area contributed by atoms with Crippen molar-refractivity contribution in [2.75, 3.05) is 0 Å². The number of rotatable bonds is 0. The second-order valence-corrected chi connectivity index (χ2v) is 13.9. The van der Waals surface area contributed by atoms with E-state index in [4.69, 9.17) is 0 Å². The topological polar surface area (TPSA) is 0 Å². The molecule has 0 nitrogen and oxygen atoms in total. The Morgan fingerprint density at radius 2 is 0.786 bits per heavy atom. The molecule has 4 unspecified atom stereocenters. The molecule has 2 rings (SSSR count). The largest absolute Gasteiger partial charge is 0.100 e. The number of alkyl halides is 4. The Morgan fingerprint density at radius 1 is 0.571 bits per heavy atom. The van der Waals surface area contributed by atoms with Crippen LogP contribution in [0, 0.1) is 0 Å². The maximum absolute atomic E-state index is 3.64. The molecular formula is C6H4Br4S4. The molecule has 0 N–H and O–H groups in total. The predicted octanol–water partition coefficient (Wildman–Crippen LogP) is 5.96. The normalized spacial score (nSPS) is 43.7. The van der Waals surface area contributed by atoms with Gasteiger partial charge in [-0.15, -0.1) is 47.0 Å². The molecule has 0 radical (unpaired) electrons. The van der Waals surface area contributed by atoms with Gasteiger partial charge in [-0.05, 0) is 0 Å². The van der Waals surface area contributed by atoms with Crippen LogP contribution in [-0.2, 0) is 0 Å². The molecule has 0 spiro atoms. The van der Waals surface area contributed by atoms with Gasteiger partial charge in [0.25, 0.3) is 0 Å². The lowest BCUT2D eigenvalue weighted by atomic mass is 10.9. The van der Waals surface area contributed by atoms with Crippen LogP contribution in [0.5, 0.6) is 0 Å². The van der Waals surface area contributed by atoms with E-state index in [1.807, 2.05) is 47.0 Å². The van der Waals surface area contributed by atoms with Crippen molar-refractivity contribution in [1.29, 1.82) is 0 Å². The third-order valence-electron chi connectivity index (χ3n) is 1.46. The van der Waals surface area contributed by atoms with Crippen LogP contribution in [0.15, 0.2) is 8.47 Å². The quantitative estimate of drug-likeness (QED) is 0.359. The molecule has 0 aromatic heterocycles. The fraction of sp³-hybridized carbons (Fsp3) is 0.667. The van der Waals surface area contributed by atoms with Crippen LogP contribution in [0.1, 0.15) is 0 Å². The first-order valence-corrected chi connectivity index (χ1v) is 10.7. The van der Waals surface area contributed by atoms with Gasteiger partial charge in [-0.2, -0.15) is 0 Å². The third kappa shape index (κ3) is 3.09. The summed E-state index contributed by atoms with van der Waals surface area (Å²) in [5, 5.41) is 0. The number of hydrogen-bond donors (Lipinski definition) is 0. The molecule has 14 heavy (non-hydrogen) atoms. The highest BCUT2D eigenvalue weighted by molar-refractivity contribution is 9.15. The Labute approximate surface area is 134 Å². The first kappa shape index (κ1) is 13.5. The lowest BCUT2D eigenvalue weighted by Crippen LogP contribution is -1.95. The van der Waals surface area contributed by atoms with Crippen molar-refractivity contribution >= 4 is 111 Å². The molecule has 2 fully saturated rings. The highest BCUT2D eigenvalue weighted by atomic mass is 79.9. The second kappa shape index (κ2) is 5.80. The fourth-order valence-corrected chi connectivity index (χ4v) is 11.0. The molecule has 0 aromatic rings. The van der Waals surface area contributed by atoms with Gasteiger partial charge < -0.3 is 0 Å². The Balaban J connectivity index is 2.11. The first-order valence-electron chi connectivity index (χ1n) is 3.55.